The number of hydrogen-bond donors (Lipinski definition) is 1. The van der Waals surface area contributed by atoms with Gasteiger partial charge < -0.3 is 5.32 Å². The minimum Gasteiger partial charge on any atom is -0.304 e. The minimum absolute atomic E-state index is 0.190. The molecule has 1 atom stereocenters. The maximum Gasteiger partial charge on any atom is 0.0860 e. The van der Waals surface area contributed by atoms with Crippen molar-refractivity contribution in [3.8, 4) is 0 Å². The van der Waals surface area contributed by atoms with Gasteiger partial charge >= 0.3 is 0 Å². The zero-order chi connectivity index (χ0) is 14.5. The van der Waals surface area contributed by atoms with Gasteiger partial charge in [0, 0.05) is 22.1 Å². The number of hydrogen-bond acceptors (Lipinski definition) is 4. The third kappa shape index (κ3) is 3.50. The molecule has 0 radical (unpaired) electrons. The molecule has 3 nitrogen and oxygen atoms in total. The average Bonchev–Trinajstić information content (AvgIpc) is 2.79. The van der Waals surface area contributed by atoms with Crippen LogP contribution in [0.1, 0.15) is 59.7 Å². The molecule has 0 bridgehead atoms. The molecule has 0 aliphatic heterocycles. The second kappa shape index (κ2) is 7.14. The molecular formula is C17H23N3S. The van der Waals surface area contributed by atoms with Crippen molar-refractivity contribution < 1.29 is 0 Å². The van der Waals surface area contributed by atoms with Crippen molar-refractivity contribution in [2.75, 3.05) is 6.54 Å². The maximum atomic E-state index is 4.51. The average molecular weight is 301 g/mol. The molecule has 112 valence electrons. The van der Waals surface area contributed by atoms with Gasteiger partial charge in [-0.05, 0) is 50.3 Å². The number of fused-ring (bicyclic) bond motifs is 1. The Morgan fingerprint density at radius 1 is 1.24 bits per heavy atom. The SMILES string of the molecule is CCCNC(c1cnccn1)c1cc2c(s1)CCCCC2. The summed E-state index contributed by atoms with van der Waals surface area (Å²) in [7, 11) is 0. The van der Waals surface area contributed by atoms with Gasteiger partial charge in [0.1, 0.15) is 0 Å². The summed E-state index contributed by atoms with van der Waals surface area (Å²) in [6, 6.07) is 2.60. The lowest BCUT2D eigenvalue weighted by atomic mass is 10.1. The zero-order valence-corrected chi connectivity index (χ0v) is 13.5. The fourth-order valence-electron chi connectivity index (χ4n) is 2.93. The number of rotatable bonds is 5. The summed E-state index contributed by atoms with van der Waals surface area (Å²) in [4.78, 5) is 11.7. The van der Waals surface area contributed by atoms with Gasteiger partial charge in [-0.25, -0.2) is 0 Å². The van der Waals surface area contributed by atoms with Crippen LogP contribution in [0.15, 0.2) is 24.7 Å². The number of aromatic nitrogens is 2. The minimum atomic E-state index is 0.190. The molecule has 2 aromatic rings. The molecule has 0 aromatic carbocycles. The summed E-state index contributed by atoms with van der Waals surface area (Å²) in [6.45, 7) is 3.20. The van der Waals surface area contributed by atoms with Gasteiger partial charge in [-0.2, -0.15) is 0 Å². The topological polar surface area (TPSA) is 37.8 Å². The fourth-order valence-corrected chi connectivity index (χ4v) is 4.28. The van der Waals surface area contributed by atoms with Crippen LogP contribution >= 0.6 is 11.3 Å². The van der Waals surface area contributed by atoms with Gasteiger partial charge in [0.15, 0.2) is 0 Å². The molecule has 2 heterocycles. The van der Waals surface area contributed by atoms with E-state index >= 15 is 0 Å². The summed E-state index contributed by atoms with van der Waals surface area (Å²) in [5, 5.41) is 3.63. The molecule has 0 saturated heterocycles. The Labute approximate surface area is 130 Å². The summed E-state index contributed by atoms with van der Waals surface area (Å²) >= 11 is 1.97. The second-order valence-electron chi connectivity index (χ2n) is 5.68. The number of nitrogens with zero attached hydrogens (tertiary/aromatic N) is 2. The van der Waals surface area contributed by atoms with Gasteiger partial charge in [0.2, 0.25) is 0 Å². The van der Waals surface area contributed by atoms with E-state index in [9.17, 15) is 0 Å². The first-order chi connectivity index (χ1) is 10.4. The standard InChI is InChI=1S/C17H23N3S/c1-2-8-20-17(14-12-18-9-10-19-14)16-11-13-6-4-3-5-7-15(13)21-16/h9-12,17,20H,2-8H2,1H3. The van der Waals surface area contributed by atoms with Crippen molar-refractivity contribution in [2.24, 2.45) is 0 Å². The van der Waals surface area contributed by atoms with E-state index in [1.807, 2.05) is 17.5 Å². The highest BCUT2D eigenvalue weighted by molar-refractivity contribution is 7.12. The summed E-state index contributed by atoms with van der Waals surface area (Å²) in [5.74, 6) is 0. The number of thiophene rings is 1. The second-order valence-corrected chi connectivity index (χ2v) is 6.84. The first-order valence-electron chi connectivity index (χ1n) is 7.99. The molecule has 0 amide bonds. The Hall–Kier alpha value is -1.26. The monoisotopic (exact) mass is 301 g/mol. The molecule has 0 fully saturated rings. The van der Waals surface area contributed by atoms with Gasteiger partial charge in [-0.3, -0.25) is 9.97 Å². The van der Waals surface area contributed by atoms with Crippen LogP contribution in [0.25, 0.3) is 0 Å². The third-order valence-corrected chi connectivity index (χ3v) is 5.33. The van der Waals surface area contributed by atoms with Crippen LogP contribution < -0.4 is 5.32 Å². The molecule has 4 heteroatoms. The maximum absolute atomic E-state index is 4.51. The predicted molar refractivity (Wildman–Crippen MR) is 87.7 cm³/mol. The molecule has 21 heavy (non-hydrogen) atoms. The molecule has 2 aromatic heterocycles. The van der Waals surface area contributed by atoms with Gasteiger partial charge in [-0.15, -0.1) is 11.3 Å². The van der Waals surface area contributed by atoms with E-state index in [0.29, 0.717) is 0 Å². The van der Waals surface area contributed by atoms with Gasteiger partial charge in [-0.1, -0.05) is 13.3 Å². The molecule has 3 rings (SSSR count). The van der Waals surface area contributed by atoms with E-state index in [-0.39, 0.29) is 6.04 Å². The van der Waals surface area contributed by atoms with Gasteiger partial charge in [0.25, 0.3) is 0 Å². The summed E-state index contributed by atoms with van der Waals surface area (Å²) < 4.78 is 0. The van der Waals surface area contributed by atoms with Crippen molar-refractivity contribution in [3.63, 3.8) is 0 Å². The summed E-state index contributed by atoms with van der Waals surface area (Å²) in [6.07, 6.45) is 13.1. The number of nitrogens with one attached hydrogen (secondary N) is 1. The quantitative estimate of drug-likeness (QED) is 0.851. The molecule has 0 spiro atoms. The van der Waals surface area contributed by atoms with Gasteiger partial charge in [0.05, 0.1) is 17.9 Å². The fraction of sp³-hybridized carbons (Fsp3) is 0.529. The first-order valence-corrected chi connectivity index (χ1v) is 8.81. The van der Waals surface area contributed by atoms with Crippen LogP contribution in [0.2, 0.25) is 0 Å². The van der Waals surface area contributed by atoms with E-state index < -0.39 is 0 Å². The lowest BCUT2D eigenvalue weighted by Gasteiger charge is -2.16. The van der Waals surface area contributed by atoms with Crippen molar-refractivity contribution in [1.29, 1.82) is 0 Å². The van der Waals surface area contributed by atoms with Crippen molar-refractivity contribution >= 4 is 11.3 Å². The lowest BCUT2D eigenvalue weighted by Crippen LogP contribution is -2.23. The van der Waals surface area contributed by atoms with Crippen LogP contribution in [0.3, 0.4) is 0 Å². The van der Waals surface area contributed by atoms with Crippen molar-refractivity contribution in [2.45, 2.75) is 51.5 Å². The highest BCUT2D eigenvalue weighted by atomic mass is 32.1. The largest absolute Gasteiger partial charge is 0.304 e. The van der Waals surface area contributed by atoms with Crippen LogP contribution in [-0.4, -0.2) is 16.5 Å². The normalized spacial score (nSPS) is 16.2. The molecule has 0 saturated carbocycles. The third-order valence-electron chi connectivity index (χ3n) is 4.03. The molecule has 1 unspecified atom stereocenters. The molecular weight excluding hydrogens is 278 g/mol. The van der Waals surface area contributed by atoms with E-state index in [2.05, 4.69) is 28.3 Å². The smallest absolute Gasteiger partial charge is 0.0860 e. The highest BCUT2D eigenvalue weighted by Crippen LogP contribution is 2.34. The predicted octanol–water partition coefficient (Wildman–Crippen LogP) is 3.90. The van der Waals surface area contributed by atoms with E-state index in [1.54, 1.807) is 22.8 Å². The van der Waals surface area contributed by atoms with E-state index in [0.717, 1.165) is 18.7 Å². The highest BCUT2D eigenvalue weighted by Gasteiger charge is 2.20. The van der Waals surface area contributed by atoms with E-state index in [1.165, 1.54) is 37.0 Å². The van der Waals surface area contributed by atoms with Crippen molar-refractivity contribution in [3.05, 3.63) is 45.7 Å². The Balaban J connectivity index is 1.89. The Kier molecular flexibility index (Phi) is 4.99. The number of aryl methyl sites for hydroxylation is 2. The Morgan fingerprint density at radius 3 is 2.95 bits per heavy atom. The first kappa shape index (κ1) is 14.7. The van der Waals surface area contributed by atoms with Crippen LogP contribution in [0, 0.1) is 0 Å². The van der Waals surface area contributed by atoms with Crippen molar-refractivity contribution in [1.82, 2.24) is 15.3 Å². The van der Waals surface area contributed by atoms with E-state index in [4.69, 9.17) is 0 Å². The zero-order valence-electron chi connectivity index (χ0n) is 12.6. The van der Waals surface area contributed by atoms with Crippen LogP contribution in [0.4, 0.5) is 0 Å². The lowest BCUT2D eigenvalue weighted by molar-refractivity contribution is 0.591. The molecule has 1 N–H and O–H groups in total. The molecule has 1 aliphatic carbocycles. The summed E-state index contributed by atoms with van der Waals surface area (Å²) in [5.41, 5.74) is 2.60. The Morgan fingerprint density at radius 2 is 2.14 bits per heavy atom. The van der Waals surface area contributed by atoms with Crippen LogP contribution in [0.5, 0.6) is 0 Å². The molecule has 1 aliphatic rings. The Bertz CT molecular complexity index is 541. The van der Waals surface area contributed by atoms with Crippen LogP contribution in [-0.2, 0) is 12.8 Å².